The second-order valence-corrected chi connectivity index (χ2v) is 9.43. The second-order valence-electron chi connectivity index (χ2n) is 8.52. The minimum atomic E-state index is -0.859. The van der Waals surface area contributed by atoms with Gasteiger partial charge in [-0.05, 0) is 49.3 Å². The van der Waals surface area contributed by atoms with Crippen molar-refractivity contribution >= 4 is 33.8 Å². The van der Waals surface area contributed by atoms with Crippen LogP contribution in [0.4, 0.5) is 4.79 Å². The summed E-state index contributed by atoms with van der Waals surface area (Å²) in [5, 5.41) is 3.68. The predicted molar refractivity (Wildman–Crippen MR) is 113 cm³/mol. The van der Waals surface area contributed by atoms with E-state index in [1.54, 1.807) is 0 Å². The SMILES string of the molecule is CC1CCC2(CC1)NC(=O)N(NC(=O)CN1CCOC(c3ccc(Br)cc3)C1)C2=O. The Morgan fingerprint density at radius 2 is 1.97 bits per heavy atom. The van der Waals surface area contributed by atoms with E-state index < -0.39 is 11.6 Å². The zero-order valence-corrected chi connectivity index (χ0v) is 18.6. The van der Waals surface area contributed by atoms with Crippen molar-refractivity contribution in [2.75, 3.05) is 26.2 Å². The molecule has 3 fully saturated rings. The van der Waals surface area contributed by atoms with Gasteiger partial charge in [0.15, 0.2) is 0 Å². The molecule has 1 saturated carbocycles. The van der Waals surface area contributed by atoms with E-state index in [2.05, 4.69) is 33.6 Å². The number of urea groups is 1. The molecule has 2 saturated heterocycles. The highest BCUT2D eigenvalue weighted by Gasteiger charge is 2.52. The molecule has 0 bridgehead atoms. The van der Waals surface area contributed by atoms with E-state index in [1.165, 1.54) is 0 Å². The number of carbonyl (C=O) groups excluding carboxylic acids is 3. The number of carbonyl (C=O) groups is 3. The number of benzene rings is 1. The molecule has 1 aromatic carbocycles. The first-order chi connectivity index (χ1) is 14.4. The van der Waals surface area contributed by atoms with Crippen molar-refractivity contribution in [3.63, 3.8) is 0 Å². The lowest BCUT2D eigenvalue weighted by molar-refractivity contribution is -0.141. The number of rotatable bonds is 4. The molecule has 1 aliphatic carbocycles. The van der Waals surface area contributed by atoms with Gasteiger partial charge in [0, 0.05) is 17.6 Å². The summed E-state index contributed by atoms with van der Waals surface area (Å²) in [5.74, 6) is -0.178. The van der Waals surface area contributed by atoms with E-state index in [4.69, 9.17) is 4.74 Å². The van der Waals surface area contributed by atoms with Crippen LogP contribution in [-0.2, 0) is 14.3 Å². The number of morpholine rings is 1. The molecule has 1 aromatic rings. The Hall–Kier alpha value is -1.97. The Labute approximate surface area is 184 Å². The van der Waals surface area contributed by atoms with Crippen molar-refractivity contribution in [3.05, 3.63) is 34.3 Å². The van der Waals surface area contributed by atoms with Crippen LogP contribution in [0.2, 0.25) is 0 Å². The van der Waals surface area contributed by atoms with Gasteiger partial charge in [-0.1, -0.05) is 35.0 Å². The van der Waals surface area contributed by atoms with E-state index >= 15 is 0 Å². The maximum atomic E-state index is 12.9. The van der Waals surface area contributed by atoms with Crippen molar-refractivity contribution in [3.8, 4) is 0 Å². The first-order valence-corrected chi connectivity index (χ1v) is 11.2. The molecule has 30 heavy (non-hydrogen) atoms. The van der Waals surface area contributed by atoms with Crippen LogP contribution >= 0.6 is 15.9 Å². The highest BCUT2D eigenvalue weighted by atomic mass is 79.9. The van der Waals surface area contributed by atoms with Crippen LogP contribution in [0.5, 0.6) is 0 Å². The predicted octanol–water partition coefficient (Wildman–Crippen LogP) is 2.35. The van der Waals surface area contributed by atoms with Gasteiger partial charge in [-0.15, -0.1) is 0 Å². The standard InChI is InChI=1S/C21H27BrN4O4/c1-14-6-8-21(9-7-14)19(28)26(20(29)23-21)24-18(27)13-25-10-11-30-17(12-25)15-2-4-16(22)5-3-15/h2-5,14,17H,6-13H2,1H3,(H,23,29)(H,24,27). The minimum absolute atomic E-state index is 0.0947. The lowest BCUT2D eigenvalue weighted by atomic mass is 9.77. The van der Waals surface area contributed by atoms with Crippen LogP contribution in [0, 0.1) is 5.92 Å². The minimum Gasteiger partial charge on any atom is -0.371 e. The lowest BCUT2D eigenvalue weighted by Gasteiger charge is -2.34. The largest absolute Gasteiger partial charge is 0.371 e. The fourth-order valence-electron chi connectivity index (χ4n) is 4.40. The Morgan fingerprint density at radius 1 is 1.27 bits per heavy atom. The third kappa shape index (κ3) is 4.38. The third-order valence-electron chi connectivity index (χ3n) is 6.29. The summed E-state index contributed by atoms with van der Waals surface area (Å²) < 4.78 is 6.85. The monoisotopic (exact) mass is 478 g/mol. The summed E-state index contributed by atoms with van der Waals surface area (Å²) in [7, 11) is 0. The molecule has 0 radical (unpaired) electrons. The lowest BCUT2D eigenvalue weighted by Crippen LogP contribution is -2.53. The second kappa shape index (κ2) is 8.64. The molecule has 1 atom stereocenters. The van der Waals surface area contributed by atoms with Crippen molar-refractivity contribution in [2.24, 2.45) is 5.92 Å². The summed E-state index contributed by atoms with van der Waals surface area (Å²) in [6.07, 6.45) is 2.88. The Balaban J connectivity index is 1.33. The smallest absolute Gasteiger partial charge is 0.344 e. The van der Waals surface area contributed by atoms with Gasteiger partial charge in [0.1, 0.15) is 5.54 Å². The van der Waals surface area contributed by atoms with Crippen molar-refractivity contribution in [1.82, 2.24) is 20.7 Å². The van der Waals surface area contributed by atoms with Gasteiger partial charge in [-0.25, -0.2) is 4.79 Å². The van der Waals surface area contributed by atoms with E-state index in [1.807, 2.05) is 29.2 Å². The number of hydrogen-bond acceptors (Lipinski definition) is 5. The Bertz CT molecular complexity index is 823. The molecule has 1 spiro atoms. The topological polar surface area (TPSA) is 91.0 Å². The van der Waals surface area contributed by atoms with E-state index in [0.29, 0.717) is 38.5 Å². The molecule has 162 valence electrons. The molecular weight excluding hydrogens is 452 g/mol. The van der Waals surface area contributed by atoms with E-state index in [-0.39, 0.29) is 24.5 Å². The van der Waals surface area contributed by atoms with Crippen LogP contribution in [-0.4, -0.2) is 59.5 Å². The van der Waals surface area contributed by atoms with Gasteiger partial charge >= 0.3 is 6.03 Å². The van der Waals surface area contributed by atoms with Crippen LogP contribution in [0.1, 0.15) is 44.3 Å². The average Bonchev–Trinajstić information content (AvgIpc) is 2.95. The normalized spacial score (nSPS) is 29.9. The Morgan fingerprint density at radius 3 is 2.67 bits per heavy atom. The highest BCUT2D eigenvalue weighted by Crippen LogP contribution is 2.35. The summed E-state index contributed by atoms with van der Waals surface area (Å²) in [4.78, 5) is 39.8. The zero-order chi connectivity index (χ0) is 21.3. The zero-order valence-electron chi connectivity index (χ0n) is 17.0. The Kier molecular flexibility index (Phi) is 6.13. The summed E-state index contributed by atoms with van der Waals surface area (Å²) in [6, 6.07) is 7.37. The fraction of sp³-hybridized carbons (Fsp3) is 0.571. The molecular formula is C21H27BrN4O4. The number of nitrogens with one attached hydrogen (secondary N) is 2. The number of hydrogen-bond donors (Lipinski definition) is 2. The maximum absolute atomic E-state index is 12.9. The molecule has 4 amide bonds. The van der Waals surface area contributed by atoms with Crippen molar-refractivity contribution in [2.45, 2.75) is 44.2 Å². The number of amides is 4. The molecule has 2 aliphatic heterocycles. The van der Waals surface area contributed by atoms with Gasteiger partial charge in [-0.2, -0.15) is 5.01 Å². The van der Waals surface area contributed by atoms with Gasteiger partial charge in [-0.3, -0.25) is 19.9 Å². The van der Waals surface area contributed by atoms with E-state index in [0.717, 1.165) is 27.9 Å². The van der Waals surface area contributed by atoms with Crippen LogP contribution < -0.4 is 10.7 Å². The third-order valence-corrected chi connectivity index (χ3v) is 6.81. The molecule has 9 heteroatoms. The van der Waals surface area contributed by atoms with Crippen LogP contribution in [0.3, 0.4) is 0 Å². The maximum Gasteiger partial charge on any atom is 0.344 e. The van der Waals surface area contributed by atoms with Crippen molar-refractivity contribution < 1.29 is 19.1 Å². The van der Waals surface area contributed by atoms with Gasteiger partial charge in [0.2, 0.25) is 0 Å². The number of hydrazine groups is 1. The summed E-state index contributed by atoms with van der Waals surface area (Å²) >= 11 is 3.43. The molecule has 8 nitrogen and oxygen atoms in total. The molecule has 0 aromatic heterocycles. The molecule has 2 heterocycles. The first kappa shape index (κ1) is 21.3. The molecule has 1 unspecified atom stereocenters. The fourth-order valence-corrected chi connectivity index (χ4v) is 4.67. The summed E-state index contributed by atoms with van der Waals surface area (Å²) in [5.41, 5.74) is 2.70. The number of ether oxygens (including phenoxy) is 1. The molecule has 2 N–H and O–H groups in total. The molecule has 4 rings (SSSR count). The van der Waals surface area contributed by atoms with Crippen molar-refractivity contribution in [1.29, 1.82) is 0 Å². The first-order valence-electron chi connectivity index (χ1n) is 10.4. The van der Waals surface area contributed by atoms with E-state index in [9.17, 15) is 14.4 Å². The van der Waals surface area contributed by atoms with Gasteiger partial charge in [0.25, 0.3) is 11.8 Å². The highest BCUT2D eigenvalue weighted by molar-refractivity contribution is 9.10. The number of halogens is 1. The van der Waals surface area contributed by atoms with Gasteiger partial charge < -0.3 is 10.1 Å². The molecule has 3 aliphatic rings. The van der Waals surface area contributed by atoms with Gasteiger partial charge in [0.05, 0.1) is 19.3 Å². The quantitative estimate of drug-likeness (QED) is 0.648. The van der Waals surface area contributed by atoms with Crippen LogP contribution in [0.15, 0.2) is 28.7 Å². The van der Waals surface area contributed by atoms with Crippen LogP contribution in [0.25, 0.3) is 0 Å². The number of nitrogens with zero attached hydrogens (tertiary/aromatic N) is 2. The summed E-state index contributed by atoms with van der Waals surface area (Å²) in [6.45, 7) is 3.94. The number of imide groups is 1. The average molecular weight is 479 g/mol.